The number of carbonyl (C=O) groups is 2. The molecule has 0 N–H and O–H groups in total. The van der Waals surface area contributed by atoms with Crippen LogP contribution in [0.15, 0.2) is 72.3 Å². The Labute approximate surface area is 203 Å². The van der Waals surface area contributed by atoms with Crippen molar-refractivity contribution in [3.63, 3.8) is 0 Å². The third kappa shape index (κ3) is 5.17. The molecule has 0 saturated carbocycles. The molecule has 0 saturated heterocycles. The number of rotatable bonds is 7. The molecule has 7 heteroatoms. The summed E-state index contributed by atoms with van der Waals surface area (Å²) in [5.41, 5.74) is 2.82. The molecule has 0 spiro atoms. The van der Waals surface area contributed by atoms with E-state index in [0.717, 1.165) is 17.7 Å². The maximum Gasteiger partial charge on any atom is 0.343 e. The second-order valence-corrected chi connectivity index (χ2v) is 7.77. The van der Waals surface area contributed by atoms with Crippen LogP contribution in [0.5, 0.6) is 17.2 Å². The van der Waals surface area contributed by atoms with Gasteiger partial charge in [0.25, 0.3) is 5.91 Å². The number of hydrogen-bond donors (Lipinski definition) is 0. The number of ether oxygens (including phenoxy) is 3. The lowest BCUT2D eigenvalue weighted by Crippen LogP contribution is -2.29. The van der Waals surface area contributed by atoms with Gasteiger partial charge in [0.05, 0.1) is 19.3 Å². The number of anilines is 1. The van der Waals surface area contributed by atoms with Crippen molar-refractivity contribution in [3.05, 3.63) is 89.0 Å². The highest BCUT2D eigenvalue weighted by atomic mass is 16.6. The molecule has 0 unspecified atom stereocenters. The van der Waals surface area contributed by atoms with Crippen LogP contribution >= 0.6 is 0 Å². The zero-order valence-corrected chi connectivity index (χ0v) is 19.5. The predicted molar refractivity (Wildman–Crippen MR) is 132 cm³/mol. The number of nitriles is 1. The van der Waals surface area contributed by atoms with Gasteiger partial charge in [-0.1, -0.05) is 30.3 Å². The number of benzene rings is 3. The Hall–Kier alpha value is -4.57. The molecule has 7 nitrogen and oxygen atoms in total. The van der Waals surface area contributed by atoms with E-state index in [1.807, 2.05) is 37.3 Å². The van der Waals surface area contributed by atoms with Crippen molar-refractivity contribution in [1.82, 2.24) is 0 Å². The molecule has 0 atom stereocenters. The van der Waals surface area contributed by atoms with Crippen molar-refractivity contribution < 1.29 is 23.8 Å². The number of para-hydroxylation sites is 1. The van der Waals surface area contributed by atoms with Crippen LogP contribution < -0.4 is 19.1 Å². The van der Waals surface area contributed by atoms with Crippen LogP contribution in [0.2, 0.25) is 0 Å². The van der Waals surface area contributed by atoms with Gasteiger partial charge in [-0.15, -0.1) is 0 Å². The third-order valence-electron chi connectivity index (χ3n) is 5.57. The van der Waals surface area contributed by atoms with E-state index in [2.05, 4.69) is 0 Å². The second-order valence-electron chi connectivity index (χ2n) is 7.77. The fourth-order valence-electron chi connectivity index (χ4n) is 3.88. The number of methoxy groups -OCH3 is 1. The molecule has 3 aromatic carbocycles. The van der Waals surface area contributed by atoms with Crippen LogP contribution in [0.25, 0.3) is 6.08 Å². The first-order chi connectivity index (χ1) is 17.0. The Morgan fingerprint density at radius 3 is 2.66 bits per heavy atom. The molecule has 1 aliphatic heterocycles. The zero-order chi connectivity index (χ0) is 24.8. The number of hydrogen-bond acceptors (Lipinski definition) is 6. The molecule has 1 heterocycles. The summed E-state index contributed by atoms with van der Waals surface area (Å²) in [6.45, 7) is 2.68. The van der Waals surface area contributed by atoms with Gasteiger partial charge in [-0.25, -0.2) is 4.79 Å². The summed E-state index contributed by atoms with van der Waals surface area (Å²) >= 11 is 0. The average molecular weight is 469 g/mol. The highest BCUT2D eigenvalue weighted by molar-refractivity contribution is 6.12. The molecule has 35 heavy (non-hydrogen) atoms. The topological polar surface area (TPSA) is 88.9 Å². The summed E-state index contributed by atoms with van der Waals surface area (Å²) < 4.78 is 16.4. The van der Waals surface area contributed by atoms with Gasteiger partial charge >= 0.3 is 5.97 Å². The molecular formula is C28H24N2O5. The molecular weight excluding hydrogens is 444 g/mol. The van der Waals surface area contributed by atoms with Crippen molar-refractivity contribution in [1.29, 1.82) is 5.26 Å². The smallest absolute Gasteiger partial charge is 0.343 e. The highest BCUT2D eigenvalue weighted by Gasteiger charge is 2.26. The van der Waals surface area contributed by atoms with Gasteiger partial charge in [-0.05, 0) is 66.9 Å². The largest absolute Gasteiger partial charge is 0.497 e. The molecule has 0 fully saturated rings. The van der Waals surface area contributed by atoms with Crippen molar-refractivity contribution in [2.75, 3.05) is 25.2 Å². The monoisotopic (exact) mass is 468 g/mol. The Balaban J connectivity index is 1.58. The summed E-state index contributed by atoms with van der Waals surface area (Å²) in [4.78, 5) is 27.4. The molecule has 1 aliphatic rings. The Bertz CT molecular complexity index is 1340. The SMILES string of the molecule is CCOc1cc(/C=C(\C#N)C(=O)N2CCc3ccccc32)ccc1OC(=O)c1cccc(OC)c1. The fourth-order valence-corrected chi connectivity index (χ4v) is 3.88. The summed E-state index contributed by atoms with van der Waals surface area (Å²) in [5.74, 6) is 0.181. The molecule has 0 aromatic heterocycles. The number of amides is 1. The van der Waals surface area contributed by atoms with Crippen molar-refractivity contribution in [3.8, 4) is 23.3 Å². The van der Waals surface area contributed by atoms with Crippen molar-refractivity contribution in [2.45, 2.75) is 13.3 Å². The van der Waals surface area contributed by atoms with E-state index in [1.165, 1.54) is 13.2 Å². The minimum Gasteiger partial charge on any atom is -0.497 e. The zero-order valence-electron chi connectivity index (χ0n) is 19.5. The minimum absolute atomic E-state index is 0.00489. The maximum absolute atomic E-state index is 13.1. The van der Waals surface area contributed by atoms with E-state index in [0.29, 0.717) is 35.8 Å². The van der Waals surface area contributed by atoms with Crippen LogP contribution in [0.1, 0.15) is 28.4 Å². The van der Waals surface area contributed by atoms with Crippen molar-refractivity contribution >= 4 is 23.6 Å². The minimum atomic E-state index is -0.561. The Morgan fingerprint density at radius 2 is 1.89 bits per heavy atom. The standard InChI is InChI=1S/C28H24N2O5/c1-3-34-26-16-19(11-12-25(26)35-28(32)21-8-6-9-23(17-21)33-2)15-22(18-29)27(31)30-14-13-20-7-4-5-10-24(20)30/h4-12,15-17H,3,13-14H2,1-2H3/b22-15+. The highest BCUT2D eigenvalue weighted by Crippen LogP contribution is 2.32. The molecule has 0 radical (unpaired) electrons. The first kappa shape index (κ1) is 23.6. The summed E-state index contributed by atoms with van der Waals surface area (Å²) in [7, 11) is 1.52. The first-order valence-corrected chi connectivity index (χ1v) is 11.2. The number of carbonyl (C=O) groups excluding carboxylic acids is 2. The van der Waals surface area contributed by atoms with E-state index in [-0.39, 0.29) is 17.2 Å². The fraction of sp³-hybridized carbons (Fsp3) is 0.179. The molecule has 0 bridgehead atoms. The molecule has 1 amide bonds. The van der Waals surface area contributed by atoms with Gasteiger partial charge in [0, 0.05) is 12.2 Å². The van der Waals surface area contributed by atoms with Crippen molar-refractivity contribution in [2.24, 2.45) is 0 Å². The lowest BCUT2D eigenvalue weighted by molar-refractivity contribution is -0.114. The Kier molecular flexibility index (Phi) is 7.12. The van der Waals surface area contributed by atoms with Gasteiger partial charge in [-0.3, -0.25) is 4.79 Å². The predicted octanol–water partition coefficient (Wildman–Crippen LogP) is 4.81. The van der Waals surface area contributed by atoms with Crippen LogP contribution in [0, 0.1) is 11.3 Å². The normalized spacial score (nSPS) is 12.5. The van der Waals surface area contributed by atoms with Crippen LogP contribution in [-0.4, -0.2) is 32.1 Å². The lowest BCUT2D eigenvalue weighted by atomic mass is 10.1. The second kappa shape index (κ2) is 10.6. The summed E-state index contributed by atoms with van der Waals surface area (Å²) in [6.07, 6.45) is 2.27. The summed E-state index contributed by atoms with van der Waals surface area (Å²) in [5, 5.41) is 9.70. The van der Waals surface area contributed by atoms with Gasteiger partial charge in [0.15, 0.2) is 11.5 Å². The lowest BCUT2D eigenvalue weighted by Gasteiger charge is -2.16. The molecule has 0 aliphatic carbocycles. The Morgan fingerprint density at radius 1 is 1.06 bits per heavy atom. The van der Waals surface area contributed by atoms with Gasteiger partial charge in [-0.2, -0.15) is 5.26 Å². The third-order valence-corrected chi connectivity index (χ3v) is 5.57. The quantitative estimate of drug-likeness (QED) is 0.214. The van der Waals surface area contributed by atoms with Gasteiger partial charge in [0.2, 0.25) is 0 Å². The van der Waals surface area contributed by atoms with Crippen LogP contribution in [-0.2, 0) is 11.2 Å². The number of nitrogens with zero attached hydrogens (tertiary/aromatic N) is 2. The van der Waals surface area contributed by atoms with E-state index < -0.39 is 5.97 Å². The van der Waals surface area contributed by atoms with Gasteiger partial charge < -0.3 is 19.1 Å². The first-order valence-electron chi connectivity index (χ1n) is 11.2. The van der Waals surface area contributed by atoms with E-state index in [1.54, 1.807) is 47.4 Å². The number of fused-ring (bicyclic) bond motifs is 1. The summed E-state index contributed by atoms with van der Waals surface area (Å²) in [6, 6.07) is 21.2. The maximum atomic E-state index is 13.1. The molecule has 4 rings (SSSR count). The van der Waals surface area contributed by atoms with E-state index in [4.69, 9.17) is 14.2 Å². The molecule has 3 aromatic rings. The van der Waals surface area contributed by atoms with Gasteiger partial charge in [0.1, 0.15) is 17.4 Å². The average Bonchev–Trinajstić information content (AvgIpc) is 3.32. The molecule has 176 valence electrons. The van der Waals surface area contributed by atoms with E-state index >= 15 is 0 Å². The van der Waals surface area contributed by atoms with E-state index in [9.17, 15) is 14.9 Å². The van der Waals surface area contributed by atoms with Crippen LogP contribution in [0.3, 0.4) is 0 Å². The van der Waals surface area contributed by atoms with Crippen LogP contribution in [0.4, 0.5) is 5.69 Å². The number of esters is 1.